The van der Waals surface area contributed by atoms with Gasteiger partial charge in [-0.05, 0) is 25.8 Å². The van der Waals surface area contributed by atoms with Crippen molar-refractivity contribution in [2.45, 2.75) is 25.8 Å². The molecule has 1 aromatic heterocycles. The van der Waals surface area contributed by atoms with Crippen molar-refractivity contribution in [2.24, 2.45) is 0 Å². The van der Waals surface area contributed by atoms with Crippen molar-refractivity contribution in [1.82, 2.24) is 10.3 Å². The van der Waals surface area contributed by atoms with Gasteiger partial charge in [-0.3, -0.25) is 9.78 Å². The number of anilines is 1. The van der Waals surface area contributed by atoms with Crippen LogP contribution in [0.2, 0.25) is 0 Å². The first-order valence-corrected chi connectivity index (χ1v) is 8.53. The molecule has 1 unspecified atom stereocenters. The van der Waals surface area contributed by atoms with Gasteiger partial charge in [0.2, 0.25) is 0 Å². The van der Waals surface area contributed by atoms with Gasteiger partial charge in [-0.25, -0.2) is 8.42 Å². The van der Waals surface area contributed by atoms with Crippen molar-refractivity contribution in [1.29, 1.82) is 0 Å². The van der Waals surface area contributed by atoms with Gasteiger partial charge in [-0.2, -0.15) is 0 Å². The minimum absolute atomic E-state index is 0.0281. The molecular weight excluding hydrogens is 278 g/mol. The van der Waals surface area contributed by atoms with E-state index in [0.29, 0.717) is 30.6 Å². The first kappa shape index (κ1) is 14.8. The number of nitrogens with one attached hydrogen (secondary N) is 2. The van der Waals surface area contributed by atoms with Crippen LogP contribution in [0.5, 0.6) is 0 Å². The fourth-order valence-corrected chi connectivity index (χ4v) is 3.96. The third kappa shape index (κ3) is 3.69. The molecule has 0 aromatic carbocycles. The standard InChI is InChI=1S/C13H19N3O3S/c1-2-15-12-8-14-6-5-11(12)13(17)16-10-4-3-7-20(18,19)9-10/h5-6,8,10,15H,2-4,7,9H2,1H3,(H,16,17). The van der Waals surface area contributed by atoms with E-state index in [2.05, 4.69) is 15.6 Å². The second-order valence-corrected chi connectivity index (χ2v) is 7.11. The molecule has 110 valence electrons. The van der Waals surface area contributed by atoms with Gasteiger partial charge in [-0.1, -0.05) is 0 Å². The van der Waals surface area contributed by atoms with Crippen molar-refractivity contribution >= 4 is 21.4 Å². The Hall–Kier alpha value is -1.63. The van der Waals surface area contributed by atoms with Gasteiger partial charge in [-0.15, -0.1) is 0 Å². The van der Waals surface area contributed by atoms with Gasteiger partial charge in [0, 0.05) is 18.8 Å². The highest BCUT2D eigenvalue weighted by Crippen LogP contribution is 2.16. The Bertz CT molecular complexity index is 586. The molecule has 2 rings (SSSR count). The lowest BCUT2D eigenvalue weighted by atomic mass is 10.1. The van der Waals surface area contributed by atoms with Crippen LogP contribution in [0.1, 0.15) is 30.1 Å². The van der Waals surface area contributed by atoms with Gasteiger partial charge < -0.3 is 10.6 Å². The summed E-state index contributed by atoms with van der Waals surface area (Å²) in [6.45, 7) is 2.62. The van der Waals surface area contributed by atoms with E-state index in [1.165, 1.54) is 0 Å². The van der Waals surface area contributed by atoms with Gasteiger partial charge in [0.05, 0.1) is 29.0 Å². The maximum Gasteiger partial charge on any atom is 0.253 e. The number of carbonyl (C=O) groups excluding carboxylic acids is 1. The van der Waals surface area contributed by atoms with Crippen LogP contribution in [-0.2, 0) is 9.84 Å². The van der Waals surface area contributed by atoms with Gasteiger partial charge >= 0.3 is 0 Å². The summed E-state index contributed by atoms with van der Waals surface area (Å²) in [5.41, 5.74) is 1.15. The van der Waals surface area contributed by atoms with Crippen molar-refractivity contribution in [3.63, 3.8) is 0 Å². The van der Waals surface area contributed by atoms with Crippen LogP contribution in [0.3, 0.4) is 0 Å². The Balaban J connectivity index is 2.08. The van der Waals surface area contributed by atoms with Crippen LogP contribution in [-0.4, -0.2) is 43.4 Å². The van der Waals surface area contributed by atoms with E-state index in [-0.39, 0.29) is 23.5 Å². The van der Waals surface area contributed by atoms with Gasteiger partial charge in [0.1, 0.15) is 0 Å². The summed E-state index contributed by atoms with van der Waals surface area (Å²) in [7, 11) is -3.02. The van der Waals surface area contributed by atoms with Gasteiger partial charge in [0.15, 0.2) is 9.84 Å². The molecule has 2 heterocycles. The SMILES string of the molecule is CCNc1cnccc1C(=O)NC1CCCS(=O)(=O)C1. The molecule has 0 bridgehead atoms. The Morgan fingerprint density at radius 3 is 3.00 bits per heavy atom. The van der Waals surface area contributed by atoms with E-state index in [1.807, 2.05) is 6.92 Å². The fourth-order valence-electron chi connectivity index (χ4n) is 2.32. The maximum absolute atomic E-state index is 12.2. The number of aromatic nitrogens is 1. The molecule has 0 aliphatic carbocycles. The summed E-state index contributed by atoms with van der Waals surface area (Å²) in [6.07, 6.45) is 4.44. The molecule has 1 aliphatic rings. The summed E-state index contributed by atoms with van der Waals surface area (Å²) in [4.78, 5) is 16.2. The number of sulfone groups is 1. The third-order valence-electron chi connectivity index (χ3n) is 3.23. The fraction of sp³-hybridized carbons (Fsp3) is 0.538. The van der Waals surface area contributed by atoms with Crippen molar-refractivity contribution in [2.75, 3.05) is 23.4 Å². The highest BCUT2D eigenvalue weighted by Gasteiger charge is 2.26. The highest BCUT2D eigenvalue weighted by molar-refractivity contribution is 7.91. The molecule has 0 radical (unpaired) electrons. The summed E-state index contributed by atoms with van der Waals surface area (Å²) < 4.78 is 23.1. The van der Waals surface area contributed by atoms with E-state index in [0.717, 1.165) is 0 Å². The molecule has 1 amide bonds. The number of carbonyl (C=O) groups is 1. The van der Waals surface area contributed by atoms with Crippen molar-refractivity contribution in [3.05, 3.63) is 24.0 Å². The predicted octanol–water partition coefficient (Wildman–Crippen LogP) is 0.820. The van der Waals surface area contributed by atoms with E-state index in [1.54, 1.807) is 18.5 Å². The largest absolute Gasteiger partial charge is 0.383 e. The molecule has 0 saturated carbocycles. The molecule has 1 atom stereocenters. The molecular formula is C13H19N3O3S. The smallest absolute Gasteiger partial charge is 0.253 e. The number of nitrogens with zero attached hydrogens (tertiary/aromatic N) is 1. The summed E-state index contributed by atoms with van der Waals surface area (Å²) in [5.74, 6) is -0.0112. The minimum Gasteiger partial charge on any atom is -0.383 e. The topological polar surface area (TPSA) is 88.2 Å². The lowest BCUT2D eigenvalue weighted by molar-refractivity contribution is 0.0939. The van der Waals surface area contributed by atoms with Crippen LogP contribution in [0.4, 0.5) is 5.69 Å². The number of hydrogen-bond donors (Lipinski definition) is 2. The average Bonchev–Trinajstić information content (AvgIpc) is 2.38. The van der Waals surface area contributed by atoms with E-state index in [9.17, 15) is 13.2 Å². The van der Waals surface area contributed by atoms with Crippen molar-refractivity contribution in [3.8, 4) is 0 Å². The van der Waals surface area contributed by atoms with Crippen LogP contribution in [0, 0.1) is 0 Å². The Morgan fingerprint density at radius 1 is 1.50 bits per heavy atom. The normalized spacial score (nSPS) is 21.1. The van der Waals surface area contributed by atoms with Crippen LogP contribution in [0.15, 0.2) is 18.5 Å². The maximum atomic E-state index is 12.2. The number of amides is 1. The molecule has 7 heteroatoms. The van der Waals surface area contributed by atoms with E-state index >= 15 is 0 Å². The lowest BCUT2D eigenvalue weighted by Crippen LogP contribution is -2.43. The monoisotopic (exact) mass is 297 g/mol. The van der Waals surface area contributed by atoms with E-state index < -0.39 is 9.84 Å². The summed E-state index contributed by atoms with van der Waals surface area (Å²) in [5, 5.41) is 5.87. The first-order valence-electron chi connectivity index (χ1n) is 6.71. The quantitative estimate of drug-likeness (QED) is 0.859. The Kier molecular flexibility index (Phi) is 4.59. The second kappa shape index (κ2) is 6.21. The zero-order valence-corrected chi connectivity index (χ0v) is 12.2. The molecule has 1 fully saturated rings. The van der Waals surface area contributed by atoms with E-state index in [4.69, 9.17) is 0 Å². The Morgan fingerprint density at radius 2 is 2.30 bits per heavy atom. The molecule has 2 N–H and O–H groups in total. The third-order valence-corrected chi connectivity index (χ3v) is 5.05. The zero-order valence-electron chi connectivity index (χ0n) is 11.4. The van der Waals surface area contributed by atoms with Crippen molar-refractivity contribution < 1.29 is 13.2 Å². The lowest BCUT2D eigenvalue weighted by Gasteiger charge is -2.23. The first-order chi connectivity index (χ1) is 9.52. The summed E-state index contributed by atoms with van der Waals surface area (Å²) >= 11 is 0. The molecule has 20 heavy (non-hydrogen) atoms. The highest BCUT2D eigenvalue weighted by atomic mass is 32.2. The van der Waals surface area contributed by atoms with Crippen LogP contribution >= 0.6 is 0 Å². The molecule has 1 aliphatic heterocycles. The molecule has 0 spiro atoms. The van der Waals surface area contributed by atoms with Gasteiger partial charge in [0.25, 0.3) is 5.91 Å². The predicted molar refractivity (Wildman–Crippen MR) is 77.5 cm³/mol. The number of rotatable bonds is 4. The summed E-state index contributed by atoms with van der Waals surface area (Å²) in [6, 6.07) is 1.33. The molecule has 1 aromatic rings. The molecule has 6 nitrogen and oxygen atoms in total. The second-order valence-electron chi connectivity index (χ2n) is 4.88. The average molecular weight is 297 g/mol. The Labute approximate surface area is 118 Å². The number of hydrogen-bond acceptors (Lipinski definition) is 5. The van der Waals surface area contributed by atoms with Crippen LogP contribution < -0.4 is 10.6 Å². The molecule has 1 saturated heterocycles. The number of pyridine rings is 1. The zero-order chi connectivity index (χ0) is 14.6. The van der Waals surface area contributed by atoms with Crippen LogP contribution in [0.25, 0.3) is 0 Å². The minimum atomic E-state index is -3.02.